The van der Waals surface area contributed by atoms with Crippen LogP contribution in [0, 0.1) is 0 Å². The Hall–Kier alpha value is -3.52. The summed E-state index contributed by atoms with van der Waals surface area (Å²) in [7, 11) is 0. The highest BCUT2D eigenvalue weighted by molar-refractivity contribution is 6.11. The fraction of sp³-hybridized carbons (Fsp3) is 0. The molecule has 0 unspecified atom stereocenters. The van der Waals surface area contributed by atoms with Crippen molar-refractivity contribution in [2.75, 3.05) is 0 Å². The van der Waals surface area contributed by atoms with Crippen molar-refractivity contribution in [2.24, 2.45) is 0 Å². The Morgan fingerprint density at radius 2 is 1.19 bits per heavy atom. The summed E-state index contributed by atoms with van der Waals surface area (Å²) >= 11 is 0. The number of benzene rings is 4. The second-order valence-electron chi connectivity index (χ2n) is 6.48. The summed E-state index contributed by atoms with van der Waals surface area (Å²) < 4.78 is 0. The first-order valence-electron chi connectivity index (χ1n) is 8.61. The van der Waals surface area contributed by atoms with Crippen molar-refractivity contribution in [1.29, 1.82) is 0 Å². The van der Waals surface area contributed by atoms with Gasteiger partial charge in [-0.05, 0) is 51.9 Å². The molecule has 5 aromatic rings. The summed E-state index contributed by atoms with van der Waals surface area (Å²) in [6, 6.07) is 30.0. The number of rotatable bonds is 2. The molecule has 2 nitrogen and oxygen atoms in total. The van der Waals surface area contributed by atoms with Crippen LogP contribution in [0.2, 0.25) is 0 Å². The predicted octanol–water partition coefficient (Wildman–Crippen LogP) is 5.77. The molecule has 0 bridgehead atoms. The minimum Gasteiger partial charge on any atom is -0.287 e. The zero-order valence-corrected chi connectivity index (χ0v) is 14.0. The van der Waals surface area contributed by atoms with Gasteiger partial charge in [0.1, 0.15) is 5.69 Å². The molecule has 0 amide bonds. The number of carbonyl (C=O) groups excluding carboxylic acids is 1. The zero-order chi connectivity index (χ0) is 17.5. The Labute approximate surface area is 150 Å². The van der Waals surface area contributed by atoms with Crippen molar-refractivity contribution in [3.05, 3.63) is 102 Å². The SMILES string of the molecule is O=C(c1ccc2cc3ccccc3cc2c1)c1ccc2ccccc2n1. The lowest BCUT2D eigenvalue weighted by atomic mass is 9.99. The van der Waals surface area contributed by atoms with E-state index in [0.29, 0.717) is 11.3 Å². The maximum atomic E-state index is 12.9. The summed E-state index contributed by atoms with van der Waals surface area (Å²) in [6.07, 6.45) is 0. The zero-order valence-electron chi connectivity index (χ0n) is 14.0. The molecule has 0 aliphatic rings. The van der Waals surface area contributed by atoms with E-state index in [1.54, 1.807) is 6.07 Å². The molecule has 0 N–H and O–H groups in total. The van der Waals surface area contributed by atoms with Gasteiger partial charge in [0.05, 0.1) is 5.52 Å². The Kier molecular flexibility index (Phi) is 3.29. The fourth-order valence-electron chi connectivity index (χ4n) is 3.42. The molecule has 1 heterocycles. The van der Waals surface area contributed by atoms with Crippen molar-refractivity contribution in [1.82, 2.24) is 4.98 Å². The molecule has 5 rings (SSSR count). The molecule has 26 heavy (non-hydrogen) atoms. The van der Waals surface area contributed by atoms with E-state index < -0.39 is 0 Å². The molecular formula is C24H15NO. The van der Waals surface area contributed by atoms with E-state index in [1.165, 1.54) is 10.8 Å². The average Bonchev–Trinajstić information content (AvgIpc) is 2.71. The number of hydrogen-bond donors (Lipinski definition) is 0. The number of carbonyl (C=O) groups is 1. The largest absolute Gasteiger partial charge is 0.287 e. The molecular weight excluding hydrogens is 318 g/mol. The highest BCUT2D eigenvalue weighted by atomic mass is 16.1. The van der Waals surface area contributed by atoms with Crippen molar-refractivity contribution in [3.63, 3.8) is 0 Å². The predicted molar refractivity (Wildman–Crippen MR) is 107 cm³/mol. The minimum atomic E-state index is -0.0502. The van der Waals surface area contributed by atoms with Crippen LogP contribution in [-0.2, 0) is 0 Å². The summed E-state index contributed by atoms with van der Waals surface area (Å²) in [5.41, 5.74) is 1.98. The number of fused-ring (bicyclic) bond motifs is 3. The lowest BCUT2D eigenvalue weighted by Crippen LogP contribution is -2.04. The lowest BCUT2D eigenvalue weighted by Gasteiger charge is -2.06. The molecule has 0 saturated heterocycles. The van der Waals surface area contributed by atoms with Crippen molar-refractivity contribution < 1.29 is 4.79 Å². The minimum absolute atomic E-state index is 0.0502. The molecule has 122 valence electrons. The number of aromatic nitrogens is 1. The van der Waals surface area contributed by atoms with E-state index in [9.17, 15) is 4.79 Å². The maximum Gasteiger partial charge on any atom is 0.211 e. The third-order valence-electron chi connectivity index (χ3n) is 4.80. The van der Waals surface area contributed by atoms with Gasteiger partial charge in [0.15, 0.2) is 0 Å². The number of nitrogens with zero attached hydrogens (tertiary/aromatic N) is 1. The standard InChI is InChI=1S/C24H15NO/c26-24(23-12-11-16-5-3-4-8-22(16)25-23)20-10-9-19-13-17-6-1-2-7-18(17)14-21(19)15-20/h1-15H. The van der Waals surface area contributed by atoms with Crippen LogP contribution >= 0.6 is 0 Å². The number of para-hydroxylation sites is 1. The van der Waals surface area contributed by atoms with Gasteiger partial charge in [-0.25, -0.2) is 4.98 Å². The van der Waals surface area contributed by atoms with Crippen LogP contribution in [0.15, 0.2) is 91.0 Å². The first-order valence-corrected chi connectivity index (χ1v) is 8.61. The van der Waals surface area contributed by atoms with E-state index in [1.807, 2.05) is 60.7 Å². The molecule has 0 atom stereocenters. The smallest absolute Gasteiger partial charge is 0.211 e. The van der Waals surface area contributed by atoms with Gasteiger partial charge in [0, 0.05) is 10.9 Å². The van der Waals surface area contributed by atoms with Crippen molar-refractivity contribution in [3.8, 4) is 0 Å². The summed E-state index contributed by atoms with van der Waals surface area (Å²) in [4.78, 5) is 17.5. The van der Waals surface area contributed by atoms with E-state index in [0.717, 1.165) is 21.7 Å². The highest BCUT2D eigenvalue weighted by Gasteiger charge is 2.12. The van der Waals surface area contributed by atoms with Crippen LogP contribution in [0.3, 0.4) is 0 Å². The summed E-state index contributed by atoms with van der Waals surface area (Å²) in [5.74, 6) is -0.0502. The third kappa shape index (κ3) is 2.44. The fourth-order valence-corrected chi connectivity index (χ4v) is 3.42. The average molecular weight is 333 g/mol. The molecule has 0 spiro atoms. The second kappa shape index (κ2) is 5.78. The molecule has 0 saturated carbocycles. The molecule has 0 fully saturated rings. The quantitative estimate of drug-likeness (QED) is 0.303. The van der Waals surface area contributed by atoms with Crippen LogP contribution in [0.1, 0.15) is 16.1 Å². The van der Waals surface area contributed by atoms with Crippen LogP contribution in [0.25, 0.3) is 32.4 Å². The monoisotopic (exact) mass is 333 g/mol. The van der Waals surface area contributed by atoms with Crippen LogP contribution in [0.5, 0.6) is 0 Å². The van der Waals surface area contributed by atoms with Crippen LogP contribution in [-0.4, -0.2) is 10.8 Å². The van der Waals surface area contributed by atoms with Gasteiger partial charge in [0.2, 0.25) is 5.78 Å². The molecule has 2 heteroatoms. The Balaban J connectivity index is 1.62. The highest BCUT2D eigenvalue weighted by Crippen LogP contribution is 2.25. The maximum absolute atomic E-state index is 12.9. The second-order valence-corrected chi connectivity index (χ2v) is 6.48. The van der Waals surface area contributed by atoms with Gasteiger partial charge in [-0.2, -0.15) is 0 Å². The molecule has 0 aliphatic heterocycles. The Morgan fingerprint density at radius 1 is 0.577 bits per heavy atom. The van der Waals surface area contributed by atoms with E-state index >= 15 is 0 Å². The summed E-state index contributed by atoms with van der Waals surface area (Å²) in [6.45, 7) is 0. The van der Waals surface area contributed by atoms with E-state index in [-0.39, 0.29) is 5.78 Å². The summed E-state index contributed by atoms with van der Waals surface area (Å²) in [5, 5.41) is 5.61. The lowest BCUT2D eigenvalue weighted by molar-refractivity contribution is 0.103. The topological polar surface area (TPSA) is 30.0 Å². The van der Waals surface area contributed by atoms with Gasteiger partial charge in [-0.1, -0.05) is 60.7 Å². The van der Waals surface area contributed by atoms with Crippen molar-refractivity contribution in [2.45, 2.75) is 0 Å². The molecule has 0 aliphatic carbocycles. The number of ketones is 1. The first kappa shape index (κ1) is 14.8. The van der Waals surface area contributed by atoms with E-state index in [2.05, 4.69) is 29.2 Å². The van der Waals surface area contributed by atoms with Crippen LogP contribution in [0.4, 0.5) is 0 Å². The number of pyridine rings is 1. The van der Waals surface area contributed by atoms with Gasteiger partial charge >= 0.3 is 0 Å². The molecule has 4 aromatic carbocycles. The van der Waals surface area contributed by atoms with Gasteiger partial charge in [0.25, 0.3) is 0 Å². The third-order valence-corrected chi connectivity index (χ3v) is 4.80. The van der Waals surface area contributed by atoms with E-state index in [4.69, 9.17) is 0 Å². The number of hydrogen-bond acceptors (Lipinski definition) is 2. The van der Waals surface area contributed by atoms with Gasteiger partial charge in [-0.15, -0.1) is 0 Å². The van der Waals surface area contributed by atoms with Crippen LogP contribution < -0.4 is 0 Å². The normalized spacial score (nSPS) is 11.2. The van der Waals surface area contributed by atoms with Gasteiger partial charge < -0.3 is 0 Å². The molecule has 1 aromatic heterocycles. The van der Waals surface area contributed by atoms with Gasteiger partial charge in [-0.3, -0.25) is 4.79 Å². The first-order chi connectivity index (χ1) is 12.8. The Morgan fingerprint density at radius 3 is 2.00 bits per heavy atom. The van der Waals surface area contributed by atoms with Crippen molar-refractivity contribution >= 4 is 38.2 Å². The molecule has 0 radical (unpaired) electrons. The Bertz CT molecular complexity index is 1300.